The van der Waals surface area contributed by atoms with Crippen LogP contribution in [-0.4, -0.2) is 22.5 Å². The summed E-state index contributed by atoms with van der Waals surface area (Å²) in [4.78, 5) is 19.1. The van der Waals surface area contributed by atoms with E-state index >= 15 is 0 Å². The molecule has 0 fully saturated rings. The van der Waals surface area contributed by atoms with Gasteiger partial charge in [-0.3, -0.25) is 4.98 Å². The standard InChI is InChI=1S/C13H10N2O3/c1-2-17-13(16)11-9-15-12(18-11)6-5-10-4-3-7-14-8-10/h3-4,7-9H,2H2,1H3. The van der Waals surface area contributed by atoms with Gasteiger partial charge in [-0.1, -0.05) is 5.92 Å². The van der Waals surface area contributed by atoms with Crippen LogP contribution in [0.4, 0.5) is 0 Å². The third-order valence-electron chi connectivity index (χ3n) is 1.96. The van der Waals surface area contributed by atoms with Crippen molar-refractivity contribution < 1.29 is 13.9 Å². The summed E-state index contributed by atoms with van der Waals surface area (Å²) >= 11 is 0. The van der Waals surface area contributed by atoms with Crippen molar-refractivity contribution in [2.45, 2.75) is 6.92 Å². The van der Waals surface area contributed by atoms with Crippen molar-refractivity contribution in [2.24, 2.45) is 0 Å². The molecule has 0 aromatic carbocycles. The number of esters is 1. The van der Waals surface area contributed by atoms with Gasteiger partial charge in [-0.2, -0.15) is 0 Å². The topological polar surface area (TPSA) is 65.2 Å². The Morgan fingerprint density at radius 3 is 3.06 bits per heavy atom. The Balaban J connectivity index is 2.12. The summed E-state index contributed by atoms with van der Waals surface area (Å²) in [5, 5.41) is 0. The average Bonchev–Trinajstić information content (AvgIpc) is 2.87. The number of pyridine rings is 1. The molecule has 0 spiro atoms. The average molecular weight is 242 g/mol. The fourth-order valence-electron chi connectivity index (χ4n) is 1.19. The van der Waals surface area contributed by atoms with E-state index in [0.717, 1.165) is 5.56 Å². The number of oxazole rings is 1. The molecule has 2 rings (SSSR count). The second-order valence-electron chi connectivity index (χ2n) is 3.24. The highest BCUT2D eigenvalue weighted by Gasteiger charge is 2.11. The lowest BCUT2D eigenvalue weighted by molar-refractivity contribution is 0.0489. The zero-order chi connectivity index (χ0) is 12.8. The Bertz CT molecular complexity index is 593. The molecule has 0 N–H and O–H groups in total. The molecular formula is C13H10N2O3. The van der Waals surface area contributed by atoms with Crippen LogP contribution in [0.2, 0.25) is 0 Å². The number of aromatic nitrogens is 2. The minimum atomic E-state index is -0.542. The summed E-state index contributed by atoms with van der Waals surface area (Å²) in [6.45, 7) is 2.01. The van der Waals surface area contributed by atoms with Gasteiger partial charge in [-0.25, -0.2) is 9.78 Å². The van der Waals surface area contributed by atoms with Gasteiger partial charge in [-0.15, -0.1) is 0 Å². The zero-order valence-corrected chi connectivity index (χ0v) is 9.71. The smallest absolute Gasteiger partial charge is 0.375 e. The van der Waals surface area contributed by atoms with Gasteiger partial charge in [0, 0.05) is 18.0 Å². The van der Waals surface area contributed by atoms with Crippen LogP contribution in [0.25, 0.3) is 0 Å². The van der Waals surface area contributed by atoms with Crippen LogP contribution >= 0.6 is 0 Å². The van der Waals surface area contributed by atoms with Gasteiger partial charge in [0.2, 0.25) is 5.76 Å². The Hall–Kier alpha value is -2.61. The molecular weight excluding hydrogens is 232 g/mol. The molecule has 0 radical (unpaired) electrons. The molecule has 5 nitrogen and oxygen atoms in total. The molecule has 0 aliphatic rings. The maximum atomic E-state index is 11.3. The van der Waals surface area contributed by atoms with Crippen molar-refractivity contribution in [3.05, 3.63) is 47.9 Å². The molecule has 0 amide bonds. The SMILES string of the molecule is CCOC(=O)c1cnc(C#Cc2cccnc2)o1. The summed E-state index contributed by atoms with van der Waals surface area (Å²) in [7, 11) is 0. The van der Waals surface area contributed by atoms with E-state index in [2.05, 4.69) is 21.8 Å². The van der Waals surface area contributed by atoms with Gasteiger partial charge in [0.15, 0.2) is 0 Å². The second kappa shape index (κ2) is 5.64. The molecule has 2 heterocycles. The van der Waals surface area contributed by atoms with Crippen LogP contribution in [0.15, 0.2) is 35.1 Å². The first-order valence-corrected chi connectivity index (χ1v) is 5.34. The molecule has 0 saturated carbocycles. The first kappa shape index (κ1) is 11.9. The maximum absolute atomic E-state index is 11.3. The van der Waals surface area contributed by atoms with Crippen molar-refractivity contribution in [1.82, 2.24) is 9.97 Å². The molecule has 0 aliphatic heterocycles. The monoisotopic (exact) mass is 242 g/mol. The Kier molecular flexibility index (Phi) is 3.72. The second-order valence-corrected chi connectivity index (χ2v) is 3.24. The molecule has 5 heteroatoms. The van der Waals surface area contributed by atoms with Crippen LogP contribution in [-0.2, 0) is 4.74 Å². The van der Waals surface area contributed by atoms with Gasteiger partial charge >= 0.3 is 5.97 Å². The van der Waals surface area contributed by atoms with Gasteiger partial charge in [0.25, 0.3) is 5.89 Å². The molecule has 0 bridgehead atoms. The molecule has 0 atom stereocenters. The van der Waals surface area contributed by atoms with Crippen molar-refractivity contribution >= 4 is 5.97 Å². The van der Waals surface area contributed by atoms with Gasteiger partial charge in [-0.05, 0) is 25.0 Å². The lowest BCUT2D eigenvalue weighted by atomic mass is 10.3. The molecule has 90 valence electrons. The van der Waals surface area contributed by atoms with Crippen molar-refractivity contribution in [2.75, 3.05) is 6.61 Å². The number of carbonyl (C=O) groups excluding carboxylic acids is 1. The number of ether oxygens (including phenoxy) is 1. The van der Waals surface area contributed by atoms with E-state index < -0.39 is 5.97 Å². The largest absolute Gasteiger partial charge is 0.460 e. The van der Waals surface area contributed by atoms with Crippen LogP contribution in [0, 0.1) is 11.8 Å². The highest BCUT2D eigenvalue weighted by molar-refractivity contribution is 5.85. The van der Waals surface area contributed by atoms with E-state index in [-0.39, 0.29) is 18.3 Å². The highest BCUT2D eigenvalue weighted by atomic mass is 16.5. The Morgan fingerprint density at radius 1 is 1.44 bits per heavy atom. The van der Waals surface area contributed by atoms with Gasteiger partial charge < -0.3 is 9.15 Å². The molecule has 0 saturated heterocycles. The molecule has 2 aromatic rings. The van der Waals surface area contributed by atoms with Crippen molar-refractivity contribution in [3.8, 4) is 11.8 Å². The van der Waals surface area contributed by atoms with Crippen molar-refractivity contribution in [1.29, 1.82) is 0 Å². The molecule has 0 unspecified atom stereocenters. The summed E-state index contributed by atoms with van der Waals surface area (Å²) in [6, 6.07) is 3.60. The maximum Gasteiger partial charge on any atom is 0.375 e. The number of rotatable bonds is 2. The van der Waals surface area contributed by atoms with E-state index in [0.29, 0.717) is 0 Å². The Morgan fingerprint density at radius 2 is 2.33 bits per heavy atom. The molecule has 2 aromatic heterocycles. The van der Waals surface area contributed by atoms with E-state index in [1.165, 1.54) is 6.20 Å². The minimum Gasteiger partial charge on any atom is -0.460 e. The van der Waals surface area contributed by atoms with Crippen LogP contribution < -0.4 is 0 Å². The number of nitrogens with zero attached hydrogens (tertiary/aromatic N) is 2. The van der Waals surface area contributed by atoms with Crippen LogP contribution in [0.1, 0.15) is 28.9 Å². The van der Waals surface area contributed by atoms with Gasteiger partial charge in [0.1, 0.15) is 0 Å². The quantitative estimate of drug-likeness (QED) is 0.591. The lowest BCUT2D eigenvalue weighted by Gasteiger charge is -1.94. The minimum absolute atomic E-state index is 0.0485. The molecule has 0 aliphatic carbocycles. The van der Waals surface area contributed by atoms with Crippen LogP contribution in [0.5, 0.6) is 0 Å². The fourth-order valence-corrected chi connectivity index (χ4v) is 1.19. The zero-order valence-electron chi connectivity index (χ0n) is 9.71. The van der Waals surface area contributed by atoms with Gasteiger partial charge in [0.05, 0.1) is 12.8 Å². The Labute approximate surface area is 104 Å². The van der Waals surface area contributed by atoms with Crippen molar-refractivity contribution in [3.63, 3.8) is 0 Å². The summed E-state index contributed by atoms with van der Waals surface area (Å²) in [5.74, 6) is 5.20. The van der Waals surface area contributed by atoms with E-state index in [4.69, 9.17) is 9.15 Å². The predicted octanol–water partition coefficient (Wildman–Crippen LogP) is 1.65. The normalized spacial score (nSPS) is 9.39. The summed E-state index contributed by atoms with van der Waals surface area (Å²) in [5.41, 5.74) is 0.744. The first-order chi connectivity index (χ1) is 8.79. The van der Waals surface area contributed by atoms with E-state index in [1.807, 2.05) is 6.07 Å². The number of hydrogen-bond donors (Lipinski definition) is 0. The summed E-state index contributed by atoms with van der Waals surface area (Å²) < 4.78 is 9.91. The van der Waals surface area contributed by atoms with E-state index in [9.17, 15) is 4.79 Å². The highest BCUT2D eigenvalue weighted by Crippen LogP contribution is 2.04. The van der Waals surface area contributed by atoms with E-state index in [1.54, 1.807) is 25.4 Å². The summed E-state index contributed by atoms with van der Waals surface area (Å²) in [6.07, 6.45) is 4.59. The third kappa shape index (κ3) is 2.95. The third-order valence-corrected chi connectivity index (χ3v) is 1.96. The number of hydrogen-bond acceptors (Lipinski definition) is 5. The fraction of sp³-hybridized carbons (Fsp3) is 0.154. The molecule has 18 heavy (non-hydrogen) atoms. The lowest BCUT2D eigenvalue weighted by Crippen LogP contribution is -2.02. The number of carbonyl (C=O) groups is 1. The van der Waals surface area contributed by atoms with Crippen LogP contribution in [0.3, 0.4) is 0 Å². The first-order valence-electron chi connectivity index (χ1n) is 5.34. The predicted molar refractivity (Wildman–Crippen MR) is 62.7 cm³/mol.